The predicted molar refractivity (Wildman–Crippen MR) is 87.4 cm³/mol. The van der Waals surface area contributed by atoms with Crippen LogP contribution in [0.3, 0.4) is 0 Å². The number of nitrogens with one attached hydrogen (secondary N) is 1. The van der Waals surface area contributed by atoms with Crippen molar-refractivity contribution in [2.45, 2.75) is 78.5 Å². The number of hydrogen-bond donors (Lipinski definition) is 1. The Bertz CT molecular complexity index is 428. The molecule has 0 spiro atoms. The molecule has 3 nitrogen and oxygen atoms in total. The summed E-state index contributed by atoms with van der Waals surface area (Å²) in [5, 5.41) is 4.66. The van der Waals surface area contributed by atoms with Crippen LogP contribution in [0.1, 0.15) is 76.4 Å². The SMILES string of the molecule is CCC(C)(OC)c1nc(C(C)C)c(CNC(C)(C)C)s1. The van der Waals surface area contributed by atoms with Gasteiger partial charge in [-0.1, -0.05) is 20.8 Å². The molecular weight excluding hydrogens is 268 g/mol. The highest BCUT2D eigenvalue weighted by Crippen LogP contribution is 2.35. The highest BCUT2D eigenvalue weighted by atomic mass is 32.1. The Hall–Kier alpha value is -0.450. The standard InChI is InChI=1S/C16H30N2OS/c1-9-16(7,19-8)14-18-13(11(2)3)12(20-14)10-17-15(4,5)6/h11,17H,9-10H2,1-8H3. The van der Waals surface area contributed by atoms with E-state index in [9.17, 15) is 0 Å². The van der Waals surface area contributed by atoms with Crippen LogP contribution < -0.4 is 5.32 Å². The maximum absolute atomic E-state index is 5.69. The van der Waals surface area contributed by atoms with Crippen LogP contribution >= 0.6 is 11.3 Å². The number of methoxy groups -OCH3 is 1. The summed E-state index contributed by atoms with van der Waals surface area (Å²) in [6.07, 6.45) is 0.931. The van der Waals surface area contributed by atoms with E-state index in [1.807, 2.05) is 0 Å². The fourth-order valence-electron chi connectivity index (χ4n) is 1.90. The van der Waals surface area contributed by atoms with Gasteiger partial charge in [0.05, 0.1) is 5.69 Å². The summed E-state index contributed by atoms with van der Waals surface area (Å²) >= 11 is 1.79. The zero-order valence-electron chi connectivity index (χ0n) is 14.3. The fraction of sp³-hybridized carbons (Fsp3) is 0.812. The monoisotopic (exact) mass is 298 g/mol. The van der Waals surface area contributed by atoms with Gasteiger partial charge in [0, 0.05) is 24.1 Å². The lowest BCUT2D eigenvalue weighted by atomic mass is 10.0. The molecule has 0 fully saturated rings. The molecule has 1 aromatic heterocycles. The van der Waals surface area contributed by atoms with E-state index < -0.39 is 0 Å². The fourth-order valence-corrected chi connectivity index (χ4v) is 3.25. The maximum atomic E-state index is 5.69. The number of nitrogens with zero attached hydrogens (tertiary/aromatic N) is 1. The van der Waals surface area contributed by atoms with E-state index >= 15 is 0 Å². The third kappa shape index (κ3) is 4.27. The molecule has 1 N–H and O–H groups in total. The van der Waals surface area contributed by atoms with E-state index in [-0.39, 0.29) is 11.1 Å². The van der Waals surface area contributed by atoms with E-state index in [0.717, 1.165) is 18.0 Å². The molecule has 1 aromatic rings. The van der Waals surface area contributed by atoms with E-state index in [0.29, 0.717) is 5.92 Å². The molecule has 0 saturated heterocycles. The van der Waals surface area contributed by atoms with Crippen molar-refractivity contribution in [2.75, 3.05) is 7.11 Å². The first-order valence-corrected chi connectivity index (χ1v) is 8.25. The molecule has 0 aromatic carbocycles. The Morgan fingerprint density at radius 3 is 2.25 bits per heavy atom. The summed E-state index contributed by atoms with van der Waals surface area (Å²) in [5.41, 5.74) is 1.06. The van der Waals surface area contributed by atoms with Gasteiger partial charge >= 0.3 is 0 Å². The summed E-state index contributed by atoms with van der Waals surface area (Å²) < 4.78 is 5.69. The summed E-state index contributed by atoms with van der Waals surface area (Å²) in [5.74, 6) is 0.440. The number of hydrogen-bond acceptors (Lipinski definition) is 4. The molecule has 0 saturated carbocycles. The molecular formula is C16H30N2OS. The van der Waals surface area contributed by atoms with Crippen molar-refractivity contribution in [1.29, 1.82) is 0 Å². The van der Waals surface area contributed by atoms with Crippen molar-refractivity contribution >= 4 is 11.3 Å². The molecule has 1 atom stereocenters. The molecule has 4 heteroatoms. The third-order valence-electron chi connectivity index (χ3n) is 3.63. The van der Waals surface area contributed by atoms with Crippen LogP contribution in [0.4, 0.5) is 0 Å². The Morgan fingerprint density at radius 1 is 1.25 bits per heavy atom. The third-order valence-corrected chi connectivity index (χ3v) is 4.95. The predicted octanol–water partition coefficient (Wildman–Crippen LogP) is 4.43. The van der Waals surface area contributed by atoms with E-state index in [4.69, 9.17) is 9.72 Å². The second-order valence-corrected chi connectivity index (χ2v) is 7.96. The van der Waals surface area contributed by atoms with Gasteiger partial charge in [-0.25, -0.2) is 4.98 Å². The van der Waals surface area contributed by atoms with E-state index in [1.165, 1.54) is 10.6 Å². The van der Waals surface area contributed by atoms with Gasteiger partial charge in [-0.05, 0) is 40.0 Å². The Kier molecular flexibility index (Phi) is 5.76. The zero-order valence-corrected chi connectivity index (χ0v) is 15.1. The average Bonchev–Trinajstić information content (AvgIpc) is 2.79. The number of aromatic nitrogens is 1. The van der Waals surface area contributed by atoms with Gasteiger partial charge in [0.25, 0.3) is 0 Å². The Labute approximate surface area is 128 Å². The number of thiazole rings is 1. The van der Waals surface area contributed by atoms with Crippen LogP contribution in [0.25, 0.3) is 0 Å². The molecule has 0 aliphatic heterocycles. The largest absolute Gasteiger partial charge is 0.371 e. The van der Waals surface area contributed by atoms with Gasteiger partial charge in [-0.3, -0.25) is 0 Å². The summed E-state index contributed by atoms with van der Waals surface area (Å²) in [7, 11) is 1.77. The van der Waals surface area contributed by atoms with Crippen LogP contribution in [0, 0.1) is 0 Å². The van der Waals surface area contributed by atoms with Gasteiger partial charge < -0.3 is 10.1 Å². The lowest BCUT2D eigenvalue weighted by Gasteiger charge is -2.23. The first kappa shape index (κ1) is 17.6. The van der Waals surface area contributed by atoms with Gasteiger partial charge in [0.2, 0.25) is 0 Å². The van der Waals surface area contributed by atoms with Crippen LogP contribution in [0.15, 0.2) is 0 Å². The molecule has 1 rings (SSSR count). The number of ether oxygens (including phenoxy) is 1. The molecule has 1 heterocycles. The van der Waals surface area contributed by atoms with Gasteiger partial charge in [-0.15, -0.1) is 11.3 Å². The highest BCUT2D eigenvalue weighted by Gasteiger charge is 2.30. The van der Waals surface area contributed by atoms with Crippen LogP contribution in [0.2, 0.25) is 0 Å². The Balaban J connectivity index is 3.08. The van der Waals surface area contributed by atoms with Crippen molar-refractivity contribution in [3.63, 3.8) is 0 Å². The zero-order chi connectivity index (χ0) is 15.6. The molecule has 0 amide bonds. The van der Waals surface area contributed by atoms with Crippen molar-refractivity contribution < 1.29 is 4.74 Å². The summed E-state index contributed by atoms with van der Waals surface area (Å²) in [6.45, 7) is 16.1. The minimum absolute atomic E-state index is 0.119. The molecule has 0 radical (unpaired) electrons. The molecule has 0 aliphatic carbocycles. The lowest BCUT2D eigenvalue weighted by Crippen LogP contribution is -2.35. The minimum atomic E-state index is -0.270. The van der Waals surface area contributed by atoms with Crippen molar-refractivity contribution in [1.82, 2.24) is 10.3 Å². The maximum Gasteiger partial charge on any atom is 0.125 e. The van der Waals surface area contributed by atoms with Gasteiger partial charge in [-0.2, -0.15) is 0 Å². The second kappa shape index (κ2) is 6.54. The van der Waals surface area contributed by atoms with Gasteiger partial charge in [0.15, 0.2) is 0 Å². The van der Waals surface area contributed by atoms with Crippen molar-refractivity contribution in [2.24, 2.45) is 0 Å². The molecule has 20 heavy (non-hydrogen) atoms. The Morgan fingerprint density at radius 2 is 1.85 bits per heavy atom. The van der Waals surface area contributed by atoms with E-state index in [2.05, 4.69) is 53.8 Å². The van der Waals surface area contributed by atoms with Crippen LogP contribution in [0.5, 0.6) is 0 Å². The summed E-state index contributed by atoms with van der Waals surface area (Å²) in [6, 6.07) is 0. The van der Waals surface area contributed by atoms with Gasteiger partial charge in [0.1, 0.15) is 10.6 Å². The minimum Gasteiger partial charge on any atom is -0.371 e. The summed E-state index contributed by atoms with van der Waals surface area (Å²) in [4.78, 5) is 6.21. The molecule has 0 aliphatic rings. The smallest absolute Gasteiger partial charge is 0.125 e. The van der Waals surface area contributed by atoms with Crippen molar-refractivity contribution in [3.05, 3.63) is 15.6 Å². The van der Waals surface area contributed by atoms with Crippen molar-refractivity contribution in [3.8, 4) is 0 Å². The molecule has 1 unspecified atom stereocenters. The second-order valence-electron chi connectivity index (χ2n) is 6.87. The quantitative estimate of drug-likeness (QED) is 0.844. The van der Waals surface area contributed by atoms with E-state index in [1.54, 1.807) is 18.4 Å². The van der Waals surface area contributed by atoms with Crippen LogP contribution in [-0.2, 0) is 16.9 Å². The number of rotatable bonds is 6. The first-order chi connectivity index (χ1) is 9.13. The normalized spacial score (nSPS) is 15.7. The van der Waals surface area contributed by atoms with Crippen LogP contribution in [-0.4, -0.2) is 17.6 Å². The average molecular weight is 298 g/mol. The highest BCUT2D eigenvalue weighted by molar-refractivity contribution is 7.11. The first-order valence-electron chi connectivity index (χ1n) is 7.43. The molecule has 116 valence electrons. The topological polar surface area (TPSA) is 34.1 Å². The molecule has 0 bridgehead atoms. The lowest BCUT2D eigenvalue weighted by molar-refractivity contribution is -0.00168.